The van der Waals surface area contributed by atoms with Gasteiger partial charge in [0.2, 0.25) is 0 Å². The summed E-state index contributed by atoms with van der Waals surface area (Å²) in [6.45, 7) is 15.1. The largest absolute Gasteiger partial charge is 0.339 e. The smallest absolute Gasteiger partial charge is 0.253 e. The van der Waals surface area contributed by atoms with Gasteiger partial charge in [-0.2, -0.15) is 0 Å². The highest BCUT2D eigenvalue weighted by atomic mass is 16.2. The summed E-state index contributed by atoms with van der Waals surface area (Å²) >= 11 is 0. The van der Waals surface area contributed by atoms with Crippen molar-refractivity contribution in [3.05, 3.63) is 34.9 Å². The molecule has 0 spiro atoms. The summed E-state index contributed by atoms with van der Waals surface area (Å²) < 4.78 is 0. The summed E-state index contributed by atoms with van der Waals surface area (Å²) in [4.78, 5) is 15.1. The Morgan fingerprint density at radius 1 is 0.783 bits per heavy atom. The van der Waals surface area contributed by atoms with E-state index in [4.69, 9.17) is 0 Å². The lowest BCUT2D eigenvalue weighted by Gasteiger charge is -2.27. The van der Waals surface area contributed by atoms with E-state index in [1.165, 1.54) is 24.0 Å². The first kappa shape index (κ1) is 18.0. The molecular weight excluding hydrogens is 282 g/mol. The van der Waals surface area contributed by atoms with Crippen LogP contribution in [0, 0.1) is 0 Å². The van der Waals surface area contributed by atoms with Gasteiger partial charge in [0.15, 0.2) is 0 Å². The molecule has 0 aliphatic carbocycles. The van der Waals surface area contributed by atoms with E-state index in [0.717, 1.165) is 31.5 Å². The minimum Gasteiger partial charge on any atom is -0.339 e. The molecule has 128 valence electrons. The summed E-state index contributed by atoms with van der Waals surface area (Å²) in [6, 6.07) is 6.50. The minimum absolute atomic E-state index is 0.0507. The lowest BCUT2D eigenvalue weighted by Crippen LogP contribution is -2.32. The lowest BCUT2D eigenvalue weighted by atomic mass is 9.79. The Bertz CT molecular complexity index is 520. The molecule has 1 aromatic carbocycles. The number of hydrogen-bond donors (Lipinski definition) is 0. The maximum atomic E-state index is 13.0. The topological polar surface area (TPSA) is 20.3 Å². The molecule has 1 amide bonds. The van der Waals surface area contributed by atoms with Crippen LogP contribution in [0.3, 0.4) is 0 Å². The van der Waals surface area contributed by atoms with Crippen molar-refractivity contribution in [2.75, 3.05) is 13.1 Å². The molecule has 0 N–H and O–H groups in total. The molecule has 0 aromatic heterocycles. The Morgan fingerprint density at radius 3 is 1.61 bits per heavy atom. The molecule has 1 aromatic rings. The SMILES string of the molecule is CC(C)(C)c1cc(C(=O)N2CCCCCC2)cc(C(C)(C)C)c1. The molecule has 0 unspecified atom stereocenters. The molecule has 0 radical (unpaired) electrons. The summed E-state index contributed by atoms with van der Waals surface area (Å²) in [5.74, 6) is 0.212. The van der Waals surface area contributed by atoms with Crippen molar-refractivity contribution >= 4 is 5.91 Å². The molecule has 1 heterocycles. The highest BCUT2D eigenvalue weighted by Crippen LogP contribution is 2.31. The maximum absolute atomic E-state index is 13.0. The second kappa shape index (κ2) is 6.67. The first-order chi connectivity index (χ1) is 10.6. The predicted octanol–water partition coefficient (Wildman–Crippen LogP) is 5.30. The van der Waals surface area contributed by atoms with E-state index in [0.29, 0.717) is 0 Å². The highest BCUT2D eigenvalue weighted by Gasteiger charge is 2.24. The quantitative estimate of drug-likeness (QED) is 0.689. The molecule has 0 saturated carbocycles. The zero-order valence-electron chi connectivity index (χ0n) is 15.8. The number of benzene rings is 1. The van der Waals surface area contributed by atoms with Crippen LogP contribution in [0.1, 0.15) is 88.7 Å². The van der Waals surface area contributed by atoms with E-state index in [1.807, 2.05) is 0 Å². The van der Waals surface area contributed by atoms with E-state index >= 15 is 0 Å². The van der Waals surface area contributed by atoms with E-state index in [-0.39, 0.29) is 16.7 Å². The molecule has 23 heavy (non-hydrogen) atoms. The van der Waals surface area contributed by atoms with Crippen LogP contribution >= 0.6 is 0 Å². The van der Waals surface area contributed by atoms with Crippen molar-refractivity contribution in [2.45, 2.75) is 78.1 Å². The zero-order chi connectivity index (χ0) is 17.3. The summed E-state index contributed by atoms with van der Waals surface area (Å²) in [7, 11) is 0. The van der Waals surface area contributed by atoms with Crippen molar-refractivity contribution in [1.82, 2.24) is 4.90 Å². The van der Waals surface area contributed by atoms with Crippen LogP contribution < -0.4 is 0 Å². The van der Waals surface area contributed by atoms with Gasteiger partial charge in [-0.1, -0.05) is 60.5 Å². The van der Waals surface area contributed by atoms with Gasteiger partial charge in [0.25, 0.3) is 5.91 Å². The van der Waals surface area contributed by atoms with Gasteiger partial charge in [-0.15, -0.1) is 0 Å². The standard InChI is InChI=1S/C21H33NO/c1-20(2,3)17-13-16(14-18(15-17)21(4,5)6)19(23)22-11-9-7-8-10-12-22/h13-15H,7-12H2,1-6H3. The van der Waals surface area contributed by atoms with Gasteiger partial charge < -0.3 is 4.90 Å². The molecule has 2 rings (SSSR count). The fourth-order valence-electron chi connectivity index (χ4n) is 3.07. The number of amides is 1. The zero-order valence-corrected chi connectivity index (χ0v) is 15.8. The van der Waals surface area contributed by atoms with Crippen molar-refractivity contribution in [1.29, 1.82) is 0 Å². The third kappa shape index (κ3) is 4.59. The van der Waals surface area contributed by atoms with E-state index < -0.39 is 0 Å². The van der Waals surface area contributed by atoms with Crippen molar-refractivity contribution in [3.63, 3.8) is 0 Å². The van der Waals surface area contributed by atoms with Gasteiger partial charge in [0.05, 0.1) is 0 Å². The predicted molar refractivity (Wildman–Crippen MR) is 98.2 cm³/mol. The van der Waals surface area contributed by atoms with Gasteiger partial charge in [-0.3, -0.25) is 4.79 Å². The molecule has 1 saturated heterocycles. The second-order valence-corrected chi connectivity index (χ2v) is 9.01. The van der Waals surface area contributed by atoms with Crippen molar-refractivity contribution < 1.29 is 4.79 Å². The normalized spacial score (nSPS) is 17.0. The Morgan fingerprint density at radius 2 is 1.22 bits per heavy atom. The summed E-state index contributed by atoms with van der Waals surface area (Å²) in [5, 5.41) is 0. The van der Waals surface area contributed by atoms with Crippen molar-refractivity contribution in [2.24, 2.45) is 0 Å². The summed E-state index contributed by atoms with van der Waals surface area (Å²) in [5.41, 5.74) is 3.47. The molecule has 2 heteroatoms. The molecule has 2 nitrogen and oxygen atoms in total. The molecule has 0 bridgehead atoms. The third-order valence-corrected chi connectivity index (χ3v) is 4.81. The van der Waals surface area contributed by atoms with E-state index in [2.05, 4.69) is 64.6 Å². The number of carbonyl (C=O) groups excluding carboxylic acids is 1. The van der Waals surface area contributed by atoms with Crippen LogP contribution in [0.4, 0.5) is 0 Å². The number of rotatable bonds is 1. The van der Waals surface area contributed by atoms with Crippen LogP contribution in [-0.2, 0) is 10.8 Å². The average Bonchev–Trinajstić information content (AvgIpc) is 2.73. The lowest BCUT2D eigenvalue weighted by molar-refractivity contribution is 0.0761. The average molecular weight is 316 g/mol. The van der Waals surface area contributed by atoms with Gasteiger partial charge in [-0.25, -0.2) is 0 Å². The number of likely N-dealkylation sites (tertiary alicyclic amines) is 1. The monoisotopic (exact) mass is 315 g/mol. The van der Waals surface area contributed by atoms with Crippen LogP contribution in [0.5, 0.6) is 0 Å². The maximum Gasteiger partial charge on any atom is 0.253 e. The molecular formula is C21H33NO. The van der Waals surface area contributed by atoms with Gasteiger partial charge >= 0.3 is 0 Å². The second-order valence-electron chi connectivity index (χ2n) is 9.01. The van der Waals surface area contributed by atoms with Crippen LogP contribution in [0.15, 0.2) is 18.2 Å². The Balaban J connectivity index is 2.42. The Kier molecular flexibility index (Phi) is 5.23. The molecule has 1 aliphatic rings. The molecule has 1 aliphatic heterocycles. The van der Waals surface area contributed by atoms with Crippen LogP contribution in [-0.4, -0.2) is 23.9 Å². The van der Waals surface area contributed by atoms with E-state index in [9.17, 15) is 4.79 Å². The first-order valence-electron chi connectivity index (χ1n) is 9.04. The van der Waals surface area contributed by atoms with Crippen LogP contribution in [0.2, 0.25) is 0 Å². The summed E-state index contributed by atoms with van der Waals surface area (Å²) in [6.07, 6.45) is 4.77. The fraction of sp³-hybridized carbons (Fsp3) is 0.667. The minimum atomic E-state index is 0.0507. The first-order valence-corrected chi connectivity index (χ1v) is 9.04. The number of hydrogen-bond acceptors (Lipinski definition) is 1. The number of nitrogens with zero attached hydrogens (tertiary/aromatic N) is 1. The van der Waals surface area contributed by atoms with Gasteiger partial charge in [0.1, 0.15) is 0 Å². The Labute approximate surface area is 142 Å². The fourth-order valence-corrected chi connectivity index (χ4v) is 3.07. The van der Waals surface area contributed by atoms with Gasteiger partial charge in [0, 0.05) is 18.7 Å². The van der Waals surface area contributed by atoms with Gasteiger partial charge in [-0.05, 0) is 46.9 Å². The third-order valence-electron chi connectivity index (χ3n) is 4.81. The number of carbonyl (C=O) groups is 1. The molecule has 1 fully saturated rings. The molecule has 0 atom stereocenters. The Hall–Kier alpha value is -1.31. The highest BCUT2D eigenvalue weighted by molar-refractivity contribution is 5.94. The van der Waals surface area contributed by atoms with E-state index in [1.54, 1.807) is 0 Å². The van der Waals surface area contributed by atoms with Crippen molar-refractivity contribution in [3.8, 4) is 0 Å². The van der Waals surface area contributed by atoms with Crippen LogP contribution in [0.25, 0.3) is 0 Å².